The molecule has 1 aromatic heterocycles. The molecule has 1 heterocycles. The fourth-order valence-electron chi connectivity index (χ4n) is 1.50. The van der Waals surface area contributed by atoms with Gasteiger partial charge >= 0.3 is 0 Å². The summed E-state index contributed by atoms with van der Waals surface area (Å²) in [7, 11) is 0. The summed E-state index contributed by atoms with van der Waals surface area (Å²) in [6.45, 7) is 0. The Morgan fingerprint density at radius 2 is 1.71 bits per heavy atom. The molecule has 2 aromatic rings. The normalized spacial score (nSPS) is 10.5. The summed E-state index contributed by atoms with van der Waals surface area (Å²) in [5, 5.41) is 1.61. The molecule has 0 saturated carbocycles. The monoisotopic (exact) mass is 319 g/mol. The molecule has 0 fully saturated rings. The number of nitrogens with one attached hydrogen (secondary N) is 1. The maximum Gasteiger partial charge on any atom is 0.258 e. The molecule has 0 aliphatic carbocycles. The lowest BCUT2D eigenvalue weighted by atomic mass is 10.2. The van der Waals surface area contributed by atoms with Gasteiger partial charge in [-0.2, -0.15) is 0 Å². The van der Waals surface area contributed by atoms with Crippen molar-refractivity contribution < 1.29 is 22.4 Å². The molecule has 2 rings (SSSR count). The van der Waals surface area contributed by atoms with Crippen molar-refractivity contribution in [2.75, 3.05) is 11.1 Å². The van der Waals surface area contributed by atoms with E-state index < -0.39 is 34.9 Å². The Bertz CT molecular complexity index is 713. The average molecular weight is 320 g/mol. The van der Waals surface area contributed by atoms with Gasteiger partial charge in [0, 0.05) is 6.07 Å². The van der Waals surface area contributed by atoms with Crippen LogP contribution in [0.25, 0.3) is 0 Å². The summed E-state index contributed by atoms with van der Waals surface area (Å²) in [4.78, 5) is 15.4. The number of anilines is 2. The van der Waals surface area contributed by atoms with Crippen molar-refractivity contribution >= 4 is 28.9 Å². The van der Waals surface area contributed by atoms with Gasteiger partial charge in [-0.3, -0.25) is 4.79 Å². The van der Waals surface area contributed by atoms with Gasteiger partial charge in [0.25, 0.3) is 5.91 Å². The third kappa shape index (κ3) is 2.89. The number of amides is 1. The summed E-state index contributed by atoms with van der Waals surface area (Å²) in [5.41, 5.74) is 3.82. The van der Waals surface area contributed by atoms with E-state index in [0.29, 0.717) is 0 Å². The largest absolute Gasteiger partial charge is 0.397 e. The second-order valence-corrected chi connectivity index (χ2v) is 4.28. The molecular formula is C12H6ClF4N3O. The number of hydrogen-bond acceptors (Lipinski definition) is 3. The van der Waals surface area contributed by atoms with E-state index >= 15 is 0 Å². The van der Waals surface area contributed by atoms with Crippen molar-refractivity contribution in [2.45, 2.75) is 0 Å². The molecule has 4 nitrogen and oxygen atoms in total. The van der Waals surface area contributed by atoms with Gasteiger partial charge < -0.3 is 11.1 Å². The zero-order valence-corrected chi connectivity index (χ0v) is 10.8. The minimum Gasteiger partial charge on any atom is -0.397 e. The van der Waals surface area contributed by atoms with Gasteiger partial charge in [0.05, 0.1) is 17.4 Å². The Morgan fingerprint density at radius 3 is 2.29 bits per heavy atom. The third-order valence-corrected chi connectivity index (χ3v) is 2.70. The Kier molecular flexibility index (Phi) is 3.99. The summed E-state index contributed by atoms with van der Waals surface area (Å²) in [6, 6.07) is 1.07. The van der Waals surface area contributed by atoms with Crippen molar-refractivity contribution in [3.8, 4) is 0 Å². The van der Waals surface area contributed by atoms with Crippen LogP contribution in [-0.4, -0.2) is 10.9 Å². The lowest BCUT2D eigenvalue weighted by molar-refractivity contribution is 0.102. The molecule has 0 unspecified atom stereocenters. The molecule has 9 heteroatoms. The van der Waals surface area contributed by atoms with E-state index in [1.165, 1.54) is 0 Å². The van der Waals surface area contributed by atoms with E-state index in [9.17, 15) is 22.4 Å². The Hall–Kier alpha value is -2.35. The average Bonchev–Trinajstić information content (AvgIpc) is 2.43. The van der Waals surface area contributed by atoms with Crippen molar-refractivity contribution in [3.05, 3.63) is 52.3 Å². The van der Waals surface area contributed by atoms with Crippen molar-refractivity contribution in [3.63, 3.8) is 0 Å². The molecule has 0 radical (unpaired) electrons. The fraction of sp³-hybridized carbons (Fsp3) is 0. The van der Waals surface area contributed by atoms with Gasteiger partial charge in [-0.15, -0.1) is 0 Å². The standard InChI is InChI=1S/C12H6ClF4N3O/c13-8-1-4(7(18)3-19-8)12(21)20-11-9(16)5(14)2-6(15)10(11)17/h1-3H,18H2,(H,20,21). The number of aromatic nitrogens is 1. The lowest BCUT2D eigenvalue weighted by Crippen LogP contribution is -2.17. The molecule has 0 aliphatic rings. The van der Waals surface area contributed by atoms with Crippen LogP contribution in [0, 0.1) is 23.3 Å². The number of benzene rings is 1. The lowest BCUT2D eigenvalue weighted by Gasteiger charge is -2.10. The van der Waals surface area contributed by atoms with E-state index in [-0.39, 0.29) is 22.5 Å². The van der Waals surface area contributed by atoms with E-state index in [1.807, 2.05) is 0 Å². The van der Waals surface area contributed by atoms with Gasteiger partial charge in [-0.1, -0.05) is 11.6 Å². The summed E-state index contributed by atoms with van der Waals surface area (Å²) in [6.07, 6.45) is 1.05. The van der Waals surface area contributed by atoms with Crippen molar-refractivity contribution in [1.29, 1.82) is 0 Å². The second kappa shape index (κ2) is 5.57. The molecule has 0 spiro atoms. The number of nitrogens with zero attached hydrogens (tertiary/aromatic N) is 1. The highest BCUT2D eigenvalue weighted by Crippen LogP contribution is 2.25. The second-order valence-electron chi connectivity index (χ2n) is 3.89. The molecule has 0 bridgehead atoms. The van der Waals surface area contributed by atoms with Crippen LogP contribution in [-0.2, 0) is 0 Å². The Labute approximate surface area is 120 Å². The maximum atomic E-state index is 13.4. The first-order chi connectivity index (χ1) is 9.81. The minimum absolute atomic E-state index is 0.0258. The van der Waals surface area contributed by atoms with Gasteiger partial charge in [-0.25, -0.2) is 22.5 Å². The fourth-order valence-corrected chi connectivity index (χ4v) is 1.66. The van der Waals surface area contributed by atoms with E-state index in [1.54, 1.807) is 5.32 Å². The third-order valence-electron chi connectivity index (χ3n) is 2.50. The summed E-state index contributed by atoms with van der Waals surface area (Å²) < 4.78 is 52.9. The van der Waals surface area contributed by atoms with Crippen LogP contribution in [0.3, 0.4) is 0 Å². The SMILES string of the molecule is Nc1cnc(Cl)cc1C(=O)Nc1c(F)c(F)cc(F)c1F. The first-order valence-electron chi connectivity index (χ1n) is 5.36. The number of rotatable bonds is 2. The van der Waals surface area contributed by atoms with Gasteiger partial charge in [0.15, 0.2) is 23.3 Å². The summed E-state index contributed by atoms with van der Waals surface area (Å²) >= 11 is 5.56. The number of hydrogen-bond donors (Lipinski definition) is 2. The van der Waals surface area contributed by atoms with Crippen molar-refractivity contribution in [2.24, 2.45) is 0 Å². The summed E-state index contributed by atoms with van der Waals surface area (Å²) in [5.74, 6) is -7.86. The number of nitrogens with two attached hydrogens (primary N) is 1. The van der Waals surface area contributed by atoms with Crippen LogP contribution in [0.4, 0.5) is 28.9 Å². The molecule has 0 aliphatic heterocycles. The molecule has 0 atom stereocenters. The number of carbonyl (C=O) groups is 1. The maximum absolute atomic E-state index is 13.4. The van der Waals surface area contributed by atoms with Crippen LogP contribution in [0.2, 0.25) is 5.15 Å². The topological polar surface area (TPSA) is 68.0 Å². The van der Waals surface area contributed by atoms with Crippen LogP contribution in [0.5, 0.6) is 0 Å². The van der Waals surface area contributed by atoms with Gasteiger partial charge in [0.2, 0.25) is 0 Å². The van der Waals surface area contributed by atoms with E-state index in [0.717, 1.165) is 12.3 Å². The molecule has 3 N–H and O–H groups in total. The molecule has 21 heavy (non-hydrogen) atoms. The van der Waals surface area contributed by atoms with Gasteiger partial charge in [0.1, 0.15) is 10.8 Å². The minimum atomic E-state index is -1.74. The quantitative estimate of drug-likeness (QED) is 0.507. The number of halogens is 5. The molecule has 1 aromatic carbocycles. The van der Waals surface area contributed by atoms with Crippen LogP contribution < -0.4 is 11.1 Å². The van der Waals surface area contributed by atoms with Crippen LogP contribution in [0.1, 0.15) is 10.4 Å². The zero-order valence-electron chi connectivity index (χ0n) is 10.1. The molecular weight excluding hydrogens is 314 g/mol. The van der Waals surface area contributed by atoms with E-state index in [4.69, 9.17) is 17.3 Å². The predicted molar refractivity (Wildman–Crippen MR) is 67.9 cm³/mol. The van der Waals surface area contributed by atoms with Crippen LogP contribution in [0.15, 0.2) is 18.3 Å². The van der Waals surface area contributed by atoms with Gasteiger partial charge in [-0.05, 0) is 6.07 Å². The molecule has 110 valence electrons. The first kappa shape index (κ1) is 15.0. The van der Waals surface area contributed by atoms with E-state index in [2.05, 4.69) is 4.98 Å². The highest BCUT2D eigenvalue weighted by molar-refractivity contribution is 6.30. The number of pyridine rings is 1. The Balaban J connectivity index is 2.43. The zero-order chi connectivity index (χ0) is 15.7. The first-order valence-corrected chi connectivity index (χ1v) is 5.74. The smallest absolute Gasteiger partial charge is 0.258 e. The highest BCUT2D eigenvalue weighted by Gasteiger charge is 2.22. The Morgan fingerprint density at radius 1 is 1.14 bits per heavy atom. The predicted octanol–water partition coefficient (Wildman–Crippen LogP) is 3.13. The van der Waals surface area contributed by atoms with Crippen molar-refractivity contribution in [1.82, 2.24) is 4.98 Å². The number of nitrogen functional groups attached to an aromatic ring is 1. The number of carbonyl (C=O) groups excluding carboxylic acids is 1. The highest BCUT2D eigenvalue weighted by atomic mass is 35.5. The molecule has 0 saturated heterocycles. The van der Waals surface area contributed by atoms with Crippen LogP contribution >= 0.6 is 11.6 Å². The molecule has 1 amide bonds.